The third-order valence-corrected chi connectivity index (χ3v) is 4.58. The molecule has 0 spiro atoms. The van der Waals surface area contributed by atoms with Crippen LogP contribution < -0.4 is 0 Å². The predicted molar refractivity (Wildman–Crippen MR) is 83.7 cm³/mol. The molecule has 0 aliphatic heterocycles. The Labute approximate surface area is 129 Å². The van der Waals surface area contributed by atoms with Crippen LogP contribution in [0.3, 0.4) is 0 Å². The first kappa shape index (κ1) is 13.9. The fourth-order valence-electron chi connectivity index (χ4n) is 2.93. The molecule has 0 radical (unpaired) electrons. The number of aliphatic hydroxyl groups is 1. The maximum Gasteiger partial charge on any atom is 0.0587 e. The van der Waals surface area contributed by atoms with Crippen molar-refractivity contribution in [3.05, 3.63) is 69.2 Å². The molecule has 0 amide bonds. The maximum absolute atomic E-state index is 10.3. The molecule has 0 bridgehead atoms. The standard InChI is InChI=1S/C17H16Cl2O/c18-14-6-5-12(17(19)10-14)8-15(20)9-13-7-11-3-1-2-4-16(11)13/h1-6,10,13,15,20H,7-9H2. The Bertz CT molecular complexity index is 624. The van der Waals surface area contributed by atoms with Crippen molar-refractivity contribution in [2.24, 2.45) is 0 Å². The van der Waals surface area contributed by atoms with Gasteiger partial charge in [0.1, 0.15) is 0 Å². The molecule has 20 heavy (non-hydrogen) atoms. The molecule has 0 saturated carbocycles. The molecule has 0 heterocycles. The Morgan fingerprint density at radius 2 is 1.95 bits per heavy atom. The van der Waals surface area contributed by atoms with E-state index >= 15 is 0 Å². The third-order valence-electron chi connectivity index (χ3n) is 3.99. The average molecular weight is 307 g/mol. The highest BCUT2D eigenvalue weighted by molar-refractivity contribution is 6.35. The van der Waals surface area contributed by atoms with Gasteiger partial charge >= 0.3 is 0 Å². The van der Waals surface area contributed by atoms with Gasteiger partial charge in [-0.1, -0.05) is 53.5 Å². The molecule has 3 heteroatoms. The smallest absolute Gasteiger partial charge is 0.0587 e. The molecule has 2 aromatic rings. The number of rotatable bonds is 4. The highest BCUT2D eigenvalue weighted by atomic mass is 35.5. The lowest BCUT2D eigenvalue weighted by Crippen LogP contribution is -2.23. The lowest BCUT2D eigenvalue weighted by Gasteiger charge is -2.31. The van der Waals surface area contributed by atoms with Crippen molar-refractivity contribution in [2.75, 3.05) is 0 Å². The van der Waals surface area contributed by atoms with Gasteiger partial charge in [0.15, 0.2) is 0 Å². The second-order valence-corrected chi connectivity index (χ2v) is 6.27. The lowest BCUT2D eigenvalue weighted by atomic mass is 9.74. The van der Waals surface area contributed by atoms with Gasteiger partial charge in [-0.3, -0.25) is 0 Å². The first-order valence-electron chi connectivity index (χ1n) is 6.83. The highest BCUT2D eigenvalue weighted by Crippen LogP contribution is 2.38. The van der Waals surface area contributed by atoms with Crippen LogP contribution in [0.2, 0.25) is 10.0 Å². The van der Waals surface area contributed by atoms with E-state index in [1.54, 1.807) is 6.07 Å². The van der Waals surface area contributed by atoms with E-state index in [4.69, 9.17) is 23.2 Å². The summed E-state index contributed by atoms with van der Waals surface area (Å²) < 4.78 is 0. The molecule has 0 aromatic heterocycles. The summed E-state index contributed by atoms with van der Waals surface area (Å²) in [7, 11) is 0. The van der Waals surface area contributed by atoms with Crippen molar-refractivity contribution >= 4 is 23.2 Å². The van der Waals surface area contributed by atoms with E-state index in [1.807, 2.05) is 12.1 Å². The quantitative estimate of drug-likeness (QED) is 0.873. The van der Waals surface area contributed by atoms with Crippen LogP contribution in [0.25, 0.3) is 0 Å². The molecule has 1 aliphatic carbocycles. The average Bonchev–Trinajstić information content (AvgIpc) is 2.39. The molecule has 1 N–H and O–H groups in total. The lowest BCUT2D eigenvalue weighted by molar-refractivity contribution is 0.151. The summed E-state index contributed by atoms with van der Waals surface area (Å²) in [6, 6.07) is 13.9. The van der Waals surface area contributed by atoms with Gasteiger partial charge in [-0.15, -0.1) is 0 Å². The maximum atomic E-state index is 10.3. The Hall–Kier alpha value is -1.02. The minimum Gasteiger partial charge on any atom is -0.393 e. The van der Waals surface area contributed by atoms with Crippen molar-refractivity contribution in [1.29, 1.82) is 0 Å². The third kappa shape index (κ3) is 2.85. The van der Waals surface area contributed by atoms with Crippen LogP contribution in [0, 0.1) is 0 Å². The topological polar surface area (TPSA) is 20.2 Å². The molecule has 2 atom stereocenters. The van der Waals surface area contributed by atoms with Crippen molar-refractivity contribution < 1.29 is 5.11 Å². The number of benzene rings is 2. The van der Waals surface area contributed by atoms with E-state index < -0.39 is 0 Å². The van der Waals surface area contributed by atoms with E-state index in [0.717, 1.165) is 18.4 Å². The van der Waals surface area contributed by atoms with Crippen LogP contribution in [-0.4, -0.2) is 11.2 Å². The molecule has 2 aromatic carbocycles. The van der Waals surface area contributed by atoms with E-state index in [9.17, 15) is 5.11 Å². The zero-order chi connectivity index (χ0) is 14.1. The van der Waals surface area contributed by atoms with E-state index in [0.29, 0.717) is 22.4 Å². The normalized spacial score (nSPS) is 18.2. The minimum atomic E-state index is -0.368. The number of hydrogen-bond donors (Lipinski definition) is 1. The number of halogens is 2. The van der Waals surface area contributed by atoms with Gasteiger partial charge in [0, 0.05) is 10.0 Å². The van der Waals surface area contributed by atoms with Gasteiger partial charge in [0.25, 0.3) is 0 Å². The summed E-state index contributed by atoms with van der Waals surface area (Å²) in [6.45, 7) is 0. The molecule has 2 unspecified atom stereocenters. The molecule has 104 valence electrons. The Morgan fingerprint density at radius 3 is 2.70 bits per heavy atom. The van der Waals surface area contributed by atoms with Gasteiger partial charge in [-0.2, -0.15) is 0 Å². The van der Waals surface area contributed by atoms with Crippen LogP contribution in [-0.2, 0) is 12.8 Å². The van der Waals surface area contributed by atoms with Crippen LogP contribution >= 0.6 is 23.2 Å². The van der Waals surface area contributed by atoms with Gasteiger partial charge < -0.3 is 5.11 Å². The van der Waals surface area contributed by atoms with Crippen molar-refractivity contribution in [1.82, 2.24) is 0 Å². The first-order valence-corrected chi connectivity index (χ1v) is 7.59. The van der Waals surface area contributed by atoms with E-state index in [2.05, 4.69) is 24.3 Å². The first-order chi connectivity index (χ1) is 9.63. The van der Waals surface area contributed by atoms with Gasteiger partial charge in [-0.05, 0) is 54.0 Å². The summed E-state index contributed by atoms with van der Waals surface area (Å²) >= 11 is 12.0. The Morgan fingerprint density at radius 1 is 1.15 bits per heavy atom. The summed E-state index contributed by atoms with van der Waals surface area (Å²) in [5.41, 5.74) is 3.75. The second-order valence-electron chi connectivity index (χ2n) is 5.43. The molecule has 1 nitrogen and oxygen atoms in total. The zero-order valence-corrected chi connectivity index (χ0v) is 12.5. The molecule has 0 saturated heterocycles. The Kier molecular flexibility index (Phi) is 4.02. The van der Waals surface area contributed by atoms with Crippen LogP contribution in [0.1, 0.15) is 29.0 Å². The number of fused-ring (bicyclic) bond motifs is 1. The molecule has 3 rings (SSSR count). The highest BCUT2D eigenvalue weighted by Gasteiger charge is 2.27. The van der Waals surface area contributed by atoms with Gasteiger partial charge in [0.2, 0.25) is 0 Å². The summed E-state index contributed by atoms with van der Waals surface area (Å²) in [5.74, 6) is 0.479. The molecule has 0 fully saturated rings. The van der Waals surface area contributed by atoms with Crippen molar-refractivity contribution in [3.8, 4) is 0 Å². The molecular weight excluding hydrogens is 291 g/mol. The van der Waals surface area contributed by atoms with Crippen molar-refractivity contribution in [2.45, 2.75) is 31.3 Å². The van der Waals surface area contributed by atoms with Crippen molar-refractivity contribution in [3.63, 3.8) is 0 Å². The van der Waals surface area contributed by atoms with Gasteiger partial charge in [0.05, 0.1) is 6.10 Å². The predicted octanol–water partition coefficient (Wildman–Crippen LogP) is 4.63. The zero-order valence-electron chi connectivity index (χ0n) is 11.0. The summed E-state index contributed by atoms with van der Waals surface area (Å²) in [6.07, 6.45) is 2.07. The van der Waals surface area contributed by atoms with Crippen LogP contribution in [0.5, 0.6) is 0 Å². The SMILES string of the molecule is OC(Cc1ccc(Cl)cc1Cl)CC1Cc2ccccc21. The number of hydrogen-bond acceptors (Lipinski definition) is 1. The summed E-state index contributed by atoms with van der Waals surface area (Å²) in [4.78, 5) is 0. The molecular formula is C17H16Cl2O. The van der Waals surface area contributed by atoms with E-state index in [-0.39, 0.29) is 6.10 Å². The largest absolute Gasteiger partial charge is 0.393 e. The Balaban J connectivity index is 1.62. The molecule has 1 aliphatic rings. The summed E-state index contributed by atoms with van der Waals surface area (Å²) in [5, 5.41) is 11.5. The second kappa shape index (κ2) is 5.77. The monoisotopic (exact) mass is 306 g/mol. The van der Waals surface area contributed by atoms with Crippen LogP contribution in [0.4, 0.5) is 0 Å². The number of aliphatic hydroxyl groups excluding tert-OH is 1. The van der Waals surface area contributed by atoms with Crippen LogP contribution in [0.15, 0.2) is 42.5 Å². The van der Waals surface area contributed by atoms with Gasteiger partial charge in [-0.25, -0.2) is 0 Å². The fourth-order valence-corrected chi connectivity index (χ4v) is 3.41. The van der Waals surface area contributed by atoms with E-state index in [1.165, 1.54) is 11.1 Å². The fraction of sp³-hybridized carbons (Fsp3) is 0.294. The minimum absolute atomic E-state index is 0.368.